The maximum absolute atomic E-state index is 12.3. The predicted octanol–water partition coefficient (Wildman–Crippen LogP) is 2.06. The SMILES string of the molecule is Cc1cc(C)cc(CCNC(=O)N2CCS(=O)(=O)[C@H](C)[C@@H]2C)c1. The van der Waals surface area contributed by atoms with Crippen LogP contribution >= 0.6 is 0 Å². The fourth-order valence-corrected chi connectivity index (χ4v) is 4.65. The van der Waals surface area contributed by atoms with E-state index in [9.17, 15) is 13.2 Å². The lowest BCUT2D eigenvalue weighted by Crippen LogP contribution is -2.57. The molecule has 6 heteroatoms. The monoisotopic (exact) mass is 338 g/mol. The lowest BCUT2D eigenvalue weighted by Gasteiger charge is -2.37. The first-order valence-electron chi connectivity index (χ1n) is 8.04. The van der Waals surface area contributed by atoms with E-state index < -0.39 is 15.1 Å². The summed E-state index contributed by atoms with van der Waals surface area (Å²) in [5.41, 5.74) is 3.63. The summed E-state index contributed by atoms with van der Waals surface area (Å²) >= 11 is 0. The third kappa shape index (κ3) is 4.25. The molecular formula is C17H26N2O3S. The Hall–Kier alpha value is -1.56. The Kier molecular flexibility index (Phi) is 5.34. The van der Waals surface area contributed by atoms with Crippen molar-refractivity contribution in [3.63, 3.8) is 0 Å². The smallest absolute Gasteiger partial charge is 0.317 e. The minimum absolute atomic E-state index is 0.0446. The largest absolute Gasteiger partial charge is 0.338 e. The molecule has 1 heterocycles. The van der Waals surface area contributed by atoms with Gasteiger partial charge >= 0.3 is 6.03 Å². The summed E-state index contributed by atoms with van der Waals surface area (Å²) < 4.78 is 23.7. The molecule has 128 valence electrons. The molecule has 2 atom stereocenters. The third-order valence-electron chi connectivity index (χ3n) is 4.59. The van der Waals surface area contributed by atoms with Gasteiger partial charge in [0.2, 0.25) is 0 Å². The molecule has 2 rings (SSSR count). The van der Waals surface area contributed by atoms with Crippen LogP contribution in [0.1, 0.15) is 30.5 Å². The van der Waals surface area contributed by atoms with Gasteiger partial charge in [-0.2, -0.15) is 0 Å². The molecule has 0 bridgehead atoms. The molecule has 23 heavy (non-hydrogen) atoms. The molecule has 5 nitrogen and oxygen atoms in total. The first-order valence-corrected chi connectivity index (χ1v) is 9.75. The van der Waals surface area contributed by atoms with Crippen LogP contribution in [-0.4, -0.2) is 49.5 Å². The van der Waals surface area contributed by atoms with E-state index in [4.69, 9.17) is 0 Å². The molecule has 1 aliphatic rings. The van der Waals surface area contributed by atoms with Crippen molar-refractivity contribution in [2.24, 2.45) is 0 Å². The van der Waals surface area contributed by atoms with Crippen LogP contribution in [-0.2, 0) is 16.3 Å². The van der Waals surface area contributed by atoms with Crippen molar-refractivity contribution in [1.82, 2.24) is 10.2 Å². The maximum Gasteiger partial charge on any atom is 0.317 e. The number of urea groups is 1. The number of carbonyl (C=O) groups excluding carboxylic acids is 1. The van der Waals surface area contributed by atoms with Gasteiger partial charge in [-0.05, 0) is 39.7 Å². The molecule has 1 saturated heterocycles. The number of benzene rings is 1. The second-order valence-electron chi connectivity index (χ2n) is 6.48. The predicted molar refractivity (Wildman–Crippen MR) is 92.4 cm³/mol. The standard InChI is InChI=1S/C17H26N2O3S/c1-12-9-13(2)11-16(10-12)5-6-18-17(20)19-7-8-23(21,22)15(4)14(19)3/h9-11,14-15H,5-8H2,1-4H3,(H,18,20)/t14-,15+/m0/s1. The Bertz CT molecular complexity index is 665. The minimum Gasteiger partial charge on any atom is -0.338 e. The number of hydrogen-bond acceptors (Lipinski definition) is 3. The van der Waals surface area contributed by atoms with Gasteiger partial charge in [0, 0.05) is 19.1 Å². The number of sulfone groups is 1. The molecule has 1 aromatic rings. The van der Waals surface area contributed by atoms with Crippen molar-refractivity contribution in [3.8, 4) is 0 Å². The molecule has 1 N–H and O–H groups in total. The van der Waals surface area contributed by atoms with E-state index >= 15 is 0 Å². The highest BCUT2D eigenvalue weighted by Crippen LogP contribution is 2.19. The van der Waals surface area contributed by atoms with Gasteiger partial charge in [-0.15, -0.1) is 0 Å². The highest BCUT2D eigenvalue weighted by atomic mass is 32.2. The van der Waals surface area contributed by atoms with E-state index in [0.29, 0.717) is 6.54 Å². The summed E-state index contributed by atoms with van der Waals surface area (Å²) in [4.78, 5) is 13.9. The van der Waals surface area contributed by atoms with E-state index in [-0.39, 0.29) is 24.4 Å². The van der Waals surface area contributed by atoms with Crippen LogP contribution in [0.4, 0.5) is 4.79 Å². The number of hydrogen-bond donors (Lipinski definition) is 1. The minimum atomic E-state index is -3.07. The Morgan fingerprint density at radius 1 is 1.22 bits per heavy atom. The number of carbonyl (C=O) groups is 1. The second kappa shape index (κ2) is 6.91. The average molecular weight is 338 g/mol. The molecule has 0 aromatic heterocycles. The fourth-order valence-electron chi connectivity index (χ4n) is 3.08. The van der Waals surface area contributed by atoms with E-state index in [1.165, 1.54) is 16.7 Å². The zero-order chi connectivity index (χ0) is 17.2. The highest BCUT2D eigenvalue weighted by molar-refractivity contribution is 7.92. The summed E-state index contributed by atoms with van der Waals surface area (Å²) in [6.45, 7) is 8.41. The molecule has 0 aliphatic carbocycles. The van der Waals surface area contributed by atoms with Crippen molar-refractivity contribution in [2.45, 2.75) is 45.4 Å². The molecule has 1 aliphatic heterocycles. The van der Waals surface area contributed by atoms with Gasteiger partial charge in [-0.25, -0.2) is 13.2 Å². The van der Waals surface area contributed by atoms with Crippen LogP contribution in [0.3, 0.4) is 0 Å². The van der Waals surface area contributed by atoms with Crippen molar-refractivity contribution < 1.29 is 13.2 Å². The van der Waals surface area contributed by atoms with Gasteiger partial charge in [-0.1, -0.05) is 29.3 Å². The van der Waals surface area contributed by atoms with Crippen LogP contribution in [0.5, 0.6) is 0 Å². The van der Waals surface area contributed by atoms with Gasteiger partial charge in [0.25, 0.3) is 0 Å². The molecule has 1 fully saturated rings. The molecule has 0 spiro atoms. The number of rotatable bonds is 3. The summed E-state index contributed by atoms with van der Waals surface area (Å²) in [5, 5.41) is 2.40. The van der Waals surface area contributed by atoms with Crippen LogP contribution in [0.15, 0.2) is 18.2 Å². The third-order valence-corrected chi connectivity index (χ3v) is 6.86. The van der Waals surface area contributed by atoms with Gasteiger partial charge in [0.05, 0.1) is 11.0 Å². The average Bonchev–Trinajstić information content (AvgIpc) is 2.44. The van der Waals surface area contributed by atoms with Crippen LogP contribution in [0.2, 0.25) is 0 Å². The van der Waals surface area contributed by atoms with Crippen molar-refractivity contribution in [1.29, 1.82) is 0 Å². The summed E-state index contributed by atoms with van der Waals surface area (Å²) in [7, 11) is -3.07. The van der Waals surface area contributed by atoms with Crippen molar-refractivity contribution >= 4 is 15.9 Å². The second-order valence-corrected chi connectivity index (χ2v) is 8.96. The maximum atomic E-state index is 12.3. The normalized spacial score (nSPS) is 23.6. The Balaban J connectivity index is 1.90. The van der Waals surface area contributed by atoms with Crippen molar-refractivity contribution in [3.05, 3.63) is 34.9 Å². The quantitative estimate of drug-likeness (QED) is 0.917. The summed E-state index contributed by atoms with van der Waals surface area (Å²) in [6, 6.07) is 5.90. The topological polar surface area (TPSA) is 66.5 Å². The van der Waals surface area contributed by atoms with Gasteiger partial charge in [-0.3, -0.25) is 0 Å². The summed E-state index contributed by atoms with van der Waals surface area (Å²) in [6.07, 6.45) is 0.768. The van der Waals surface area contributed by atoms with Crippen LogP contribution in [0, 0.1) is 13.8 Å². The van der Waals surface area contributed by atoms with Crippen LogP contribution in [0.25, 0.3) is 0 Å². The Morgan fingerprint density at radius 3 is 2.43 bits per heavy atom. The van der Waals surface area contributed by atoms with Gasteiger partial charge < -0.3 is 10.2 Å². The molecule has 0 radical (unpaired) electrons. The fraction of sp³-hybridized carbons (Fsp3) is 0.588. The number of amides is 2. The molecule has 2 amide bonds. The van der Waals surface area contributed by atoms with E-state index in [0.717, 1.165) is 6.42 Å². The molecule has 0 saturated carbocycles. The zero-order valence-electron chi connectivity index (χ0n) is 14.3. The zero-order valence-corrected chi connectivity index (χ0v) is 15.1. The lowest BCUT2D eigenvalue weighted by atomic mass is 10.1. The highest BCUT2D eigenvalue weighted by Gasteiger charge is 2.37. The van der Waals surface area contributed by atoms with Gasteiger partial charge in [0.1, 0.15) is 0 Å². The van der Waals surface area contributed by atoms with Crippen molar-refractivity contribution in [2.75, 3.05) is 18.8 Å². The van der Waals surface area contributed by atoms with Gasteiger partial charge in [0.15, 0.2) is 9.84 Å². The molecule has 0 unspecified atom stereocenters. The van der Waals surface area contributed by atoms with E-state index in [1.54, 1.807) is 18.7 Å². The summed E-state index contributed by atoms with van der Waals surface area (Å²) in [5.74, 6) is 0.0446. The first kappa shape index (κ1) is 17.8. The van der Waals surface area contributed by atoms with Crippen LogP contribution < -0.4 is 5.32 Å². The molecule has 1 aromatic carbocycles. The number of nitrogens with one attached hydrogen (secondary N) is 1. The van der Waals surface area contributed by atoms with E-state index in [2.05, 4.69) is 37.4 Å². The molecular weight excluding hydrogens is 312 g/mol. The Labute approximate surface area is 139 Å². The number of aryl methyl sites for hydroxylation is 2. The lowest BCUT2D eigenvalue weighted by molar-refractivity contribution is 0.178. The number of nitrogens with zero attached hydrogens (tertiary/aromatic N) is 1. The van der Waals surface area contributed by atoms with E-state index in [1.807, 2.05) is 0 Å². The first-order chi connectivity index (χ1) is 10.7. The Morgan fingerprint density at radius 2 is 1.83 bits per heavy atom.